The number of nitrogens with one attached hydrogen (secondary N) is 2. The topological polar surface area (TPSA) is 104 Å². The number of benzene rings is 2. The molecule has 0 spiro atoms. The van der Waals surface area contributed by atoms with Gasteiger partial charge in [-0.05, 0) is 59.7 Å². The van der Waals surface area contributed by atoms with Crippen LogP contribution in [0.2, 0.25) is 0 Å². The first-order chi connectivity index (χ1) is 20.0. The van der Waals surface area contributed by atoms with E-state index in [0.29, 0.717) is 31.9 Å². The Labute approximate surface area is 246 Å². The summed E-state index contributed by atoms with van der Waals surface area (Å²) in [6.07, 6.45) is 5.92. The van der Waals surface area contributed by atoms with Crippen molar-refractivity contribution in [1.82, 2.24) is 20.1 Å². The number of nitrogens with zero attached hydrogens (tertiary/aromatic N) is 3. The van der Waals surface area contributed by atoms with Crippen molar-refractivity contribution in [1.29, 1.82) is 0 Å². The summed E-state index contributed by atoms with van der Waals surface area (Å²) in [6, 6.07) is 19.2. The molecule has 1 fully saturated rings. The van der Waals surface area contributed by atoms with Crippen LogP contribution >= 0.6 is 11.8 Å². The highest BCUT2D eigenvalue weighted by atomic mass is 32.2. The molecule has 4 rings (SSSR count). The van der Waals surface area contributed by atoms with Gasteiger partial charge in [-0.1, -0.05) is 48.5 Å². The van der Waals surface area contributed by atoms with Crippen molar-refractivity contribution in [2.24, 2.45) is 0 Å². The summed E-state index contributed by atoms with van der Waals surface area (Å²) in [4.78, 5) is 47.1. The van der Waals surface area contributed by atoms with E-state index in [4.69, 9.17) is 4.74 Å². The third-order valence-electron chi connectivity index (χ3n) is 7.32. The van der Waals surface area contributed by atoms with E-state index in [1.165, 1.54) is 7.11 Å². The zero-order chi connectivity index (χ0) is 29.0. The molecule has 1 aliphatic rings. The maximum absolute atomic E-state index is 13.3. The van der Waals surface area contributed by atoms with Gasteiger partial charge in [0.05, 0.1) is 20.2 Å². The summed E-state index contributed by atoms with van der Waals surface area (Å²) in [5.74, 6) is 0.712. The van der Waals surface area contributed by atoms with Gasteiger partial charge < -0.3 is 20.3 Å². The molecule has 41 heavy (non-hydrogen) atoms. The van der Waals surface area contributed by atoms with Gasteiger partial charge >= 0.3 is 5.97 Å². The molecule has 0 aliphatic carbocycles. The molecule has 2 heterocycles. The third kappa shape index (κ3) is 8.68. The Kier molecular flexibility index (Phi) is 11.4. The van der Waals surface area contributed by atoms with E-state index in [9.17, 15) is 14.4 Å². The third-order valence-corrected chi connectivity index (χ3v) is 7.97. The van der Waals surface area contributed by atoms with Crippen LogP contribution in [0.4, 0.5) is 5.82 Å². The Morgan fingerprint density at radius 2 is 1.93 bits per heavy atom. The molecule has 0 saturated carbocycles. The first-order valence-corrected chi connectivity index (χ1v) is 15.4. The smallest absolute Gasteiger partial charge is 0.328 e. The second-order valence-corrected chi connectivity index (χ2v) is 11.2. The lowest BCUT2D eigenvalue weighted by molar-refractivity contribution is -0.145. The van der Waals surface area contributed by atoms with Crippen LogP contribution in [0.1, 0.15) is 24.8 Å². The molecule has 1 aromatic heterocycles. The van der Waals surface area contributed by atoms with Crippen LogP contribution in [0.5, 0.6) is 0 Å². The van der Waals surface area contributed by atoms with Gasteiger partial charge in [0.25, 0.3) is 0 Å². The second-order valence-electron chi connectivity index (χ2n) is 10.2. The Morgan fingerprint density at radius 1 is 1.12 bits per heavy atom. The number of anilines is 1. The molecule has 2 amide bonds. The molecule has 2 atom stereocenters. The van der Waals surface area contributed by atoms with Crippen LogP contribution in [-0.2, 0) is 25.7 Å². The predicted molar refractivity (Wildman–Crippen MR) is 164 cm³/mol. The van der Waals surface area contributed by atoms with Crippen molar-refractivity contribution in [3.05, 3.63) is 72.4 Å². The van der Waals surface area contributed by atoms with Crippen molar-refractivity contribution in [3.63, 3.8) is 0 Å². The fraction of sp³-hybridized carbons (Fsp3) is 0.419. The summed E-state index contributed by atoms with van der Waals surface area (Å²) < 4.78 is 4.93. The highest BCUT2D eigenvalue weighted by molar-refractivity contribution is 7.98. The highest BCUT2D eigenvalue weighted by Gasteiger charge is 2.31. The normalized spacial score (nSPS) is 15.6. The van der Waals surface area contributed by atoms with E-state index in [1.807, 2.05) is 47.6 Å². The minimum atomic E-state index is -0.693. The van der Waals surface area contributed by atoms with Crippen LogP contribution in [-0.4, -0.2) is 89.9 Å². The number of fused-ring (bicyclic) bond motifs is 1. The molecular formula is C31H39N5O4S. The average molecular weight is 578 g/mol. The first kappa shape index (κ1) is 30.3. The highest BCUT2D eigenvalue weighted by Crippen LogP contribution is 2.23. The number of carbonyl (C=O) groups excluding carboxylic acids is 3. The number of aromatic nitrogens is 1. The van der Waals surface area contributed by atoms with Crippen molar-refractivity contribution in [2.75, 3.05) is 50.6 Å². The number of methoxy groups -OCH3 is 1. The van der Waals surface area contributed by atoms with Gasteiger partial charge in [-0.15, -0.1) is 0 Å². The van der Waals surface area contributed by atoms with Gasteiger partial charge in [-0.25, -0.2) is 9.78 Å². The molecule has 2 aromatic carbocycles. The number of rotatable bonds is 14. The van der Waals surface area contributed by atoms with Crippen molar-refractivity contribution in [2.45, 2.75) is 37.9 Å². The molecule has 1 aliphatic heterocycles. The molecule has 9 nitrogen and oxygen atoms in total. The van der Waals surface area contributed by atoms with Gasteiger partial charge in [0.15, 0.2) is 0 Å². The first-order valence-electron chi connectivity index (χ1n) is 14.0. The van der Waals surface area contributed by atoms with E-state index in [0.717, 1.165) is 34.9 Å². The lowest BCUT2D eigenvalue weighted by Gasteiger charge is -2.31. The summed E-state index contributed by atoms with van der Waals surface area (Å²) in [5, 5.41) is 8.27. The SMILES string of the molecule is COC(=O)C(CCSC)NC(=O)CN(Cc1cccc2ccccc12)C[C@@H]1CCCN1C(=O)CNc1ccccn1. The zero-order valence-corrected chi connectivity index (χ0v) is 24.6. The summed E-state index contributed by atoms with van der Waals surface area (Å²) >= 11 is 1.61. The maximum atomic E-state index is 13.3. The standard InChI is InChI=1S/C31H39N5O4S/c1-40-31(39)27(15-18-41-2)34-29(37)22-35(20-24-11-7-10-23-9-3-4-13-26(23)24)21-25-12-8-17-36(25)30(38)19-33-28-14-5-6-16-32-28/h3-7,9-11,13-14,16,25,27H,8,12,15,17-22H2,1-2H3,(H,32,33)(H,34,37)/t25-,27?/m0/s1. The molecule has 2 N–H and O–H groups in total. The van der Waals surface area contributed by atoms with E-state index in [2.05, 4.69) is 44.8 Å². The van der Waals surface area contributed by atoms with Gasteiger partial charge in [-0.2, -0.15) is 11.8 Å². The number of hydrogen-bond acceptors (Lipinski definition) is 8. The Bertz CT molecular complexity index is 1300. The summed E-state index contributed by atoms with van der Waals surface area (Å²) in [6.45, 7) is 2.02. The summed E-state index contributed by atoms with van der Waals surface area (Å²) in [7, 11) is 1.34. The molecule has 1 unspecified atom stereocenters. The minimum Gasteiger partial charge on any atom is -0.467 e. The number of likely N-dealkylation sites (tertiary alicyclic amines) is 1. The number of amides is 2. The lowest BCUT2D eigenvalue weighted by atomic mass is 10.0. The monoisotopic (exact) mass is 577 g/mol. The van der Waals surface area contributed by atoms with E-state index in [-0.39, 0.29) is 30.9 Å². The van der Waals surface area contributed by atoms with Gasteiger partial charge in [0, 0.05) is 31.9 Å². The molecule has 0 radical (unpaired) electrons. The molecule has 0 bridgehead atoms. The van der Waals surface area contributed by atoms with Crippen molar-refractivity contribution < 1.29 is 19.1 Å². The fourth-order valence-electron chi connectivity index (χ4n) is 5.31. The minimum absolute atomic E-state index is 0.00976. The molecule has 218 valence electrons. The van der Waals surface area contributed by atoms with Gasteiger partial charge in [-0.3, -0.25) is 14.5 Å². The number of pyridine rings is 1. The van der Waals surface area contributed by atoms with E-state index in [1.54, 1.807) is 18.0 Å². The van der Waals surface area contributed by atoms with E-state index >= 15 is 0 Å². The summed E-state index contributed by atoms with van der Waals surface area (Å²) in [5.41, 5.74) is 1.11. The molecule has 10 heteroatoms. The van der Waals surface area contributed by atoms with Crippen LogP contribution in [0.15, 0.2) is 66.9 Å². The number of esters is 1. The zero-order valence-electron chi connectivity index (χ0n) is 23.8. The Morgan fingerprint density at radius 3 is 2.71 bits per heavy atom. The Balaban J connectivity index is 1.49. The maximum Gasteiger partial charge on any atom is 0.328 e. The van der Waals surface area contributed by atoms with Gasteiger partial charge in [0.2, 0.25) is 11.8 Å². The number of thioether (sulfide) groups is 1. The van der Waals surface area contributed by atoms with Crippen LogP contribution in [0, 0.1) is 0 Å². The molecular weight excluding hydrogens is 538 g/mol. The van der Waals surface area contributed by atoms with Gasteiger partial charge in [0.1, 0.15) is 11.9 Å². The van der Waals surface area contributed by atoms with Crippen LogP contribution in [0.25, 0.3) is 10.8 Å². The molecule has 3 aromatic rings. The van der Waals surface area contributed by atoms with Crippen LogP contribution in [0.3, 0.4) is 0 Å². The van der Waals surface area contributed by atoms with Crippen molar-refractivity contribution >= 4 is 46.1 Å². The van der Waals surface area contributed by atoms with Crippen molar-refractivity contribution in [3.8, 4) is 0 Å². The average Bonchev–Trinajstić information content (AvgIpc) is 3.46. The lowest BCUT2D eigenvalue weighted by Crippen LogP contribution is -2.49. The largest absolute Gasteiger partial charge is 0.467 e. The Hall–Kier alpha value is -3.63. The van der Waals surface area contributed by atoms with Crippen LogP contribution < -0.4 is 10.6 Å². The van der Waals surface area contributed by atoms with E-state index < -0.39 is 12.0 Å². The number of carbonyl (C=O) groups is 3. The predicted octanol–water partition coefficient (Wildman–Crippen LogP) is 3.55. The quantitative estimate of drug-likeness (QED) is 0.281. The fourth-order valence-corrected chi connectivity index (χ4v) is 5.78. The second kappa shape index (κ2) is 15.4. The number of hydrogen-bond donors (Lipinski definition) is 2. The molecule has 1 saturated heterocycles. The number of ether oxygens (including phenoxy) is 1.